The van der Waals surface area contributed by atoms with Gasteiger partial charge >= 0.3 is 36.5 Å². The smallest absolute Gasteiger partial charge is 0.422 e. The van der Waals surface area contributed by atoms with Crippen molar-refractivity contribution in [2.24, 2.45) is 5.73 Å². The third-order valence-corrected chi connectivity index (χ3v) is 11.4. The highest BCUT2D eigenvalue weighted by Crippen LogP contribution is 2.26. The Kier molecular flexibility index (Phi) is 20.2. The molecule has 0 spiro atoms. The standard InChI is InChI=1S/C20H21F3N4O3.C18H23F3N2O4.C15H22N2O2/c21-20(22,23)12-30-19(29)25-14-9-10-27(11-14)15-7-5-13(6-8-15)18(28)26-17-4-2-1-3-16(17)24;1-17(2,3)27-15(24)12-4-6-14(7-5-12)23-9-8-13(10-23)22-16(25)26-11-18(19,20)21;1-15(2,3)19-14(18)11-4-6-13(7-5-11)17-9-8-12(16)10-17/h1-8,14H,9-12,24H2,(H,25,29)(H,26,28);4-7,13H,8-11H2,1-3H3,(H,22,25);4-7,12H,8-10,16H2,1-3H3/t14-;13-;12-/m000/s1. The molecule has 0 bridgehead atoms. The van der Waals surface area contributed by atoms with Crippen molar-refractivity contribution in [3.8, 4) is 0 Å². The number of hydrogen-bond acceptors (Lipinski definition) is 14. The average Bonchev–Trinajstić information content (AvgIpc) is 4.12. The summed E-state index contributed by atoms with van der Waals surface area (Å²) < 4.78 is 91.4. The summed E-state index contributed by atoms with van der Waals surface area (Å²) in [4.78, 5) is 65.4. The number of alkyl halides is 6. The van der Waals surface area contributed by atoms with Crippen molar-refractivity contribution in [1.29, 1.82) is 0 Å². The second-order valence-electron chi connectivity index (χ2n) is 20.2. The van der Waals surface area contributed by atoms with Crippen LogP contribution in [-0.2, 0) is 18.9 Å². The zero-order valence-corrected chi connectivity index (χ0v) is 43.2. The van der Waals surface area contributed by atoms with Crippen LogP contribution in [0.1, 0.15) is 91.9 Å². The molecule has 3 saturated heterocycles. The number of anilines is 5. The van der Waals surface area contributed by atoms with Gasteiger partial charge in [-0.1, -0.05) is 12.1 Å². The van der Waals surface area contributed by atoms with Gasteiger partial charge in [-0.3, -0.25) is 4.79 Å². The molecule has 3 aliphatic rings. The number of carbonyl (C=O) groups is 5. The van der Waals surface area contributed by atoms with Gasteiger partial charge in [-0.15, -0.1) is 0 Å². The maximum Gasteiger partial charge on any atom is 0.422 e. The summed E-state index contributed by atoms with van der Waals surface area (Å²) in [5.41, 5.74) is 15.9. The first-order chi connectivity index (χ1) is 35.5. The van der Waals surface area contributed by atoms with Gasteiger partial charge in [-0.25, -0.2) is 19.2 Å². The monoisotopic (exact) mass is 1070 g/mol. The van der Waals surface area contributed by atoms with Crippen LogP contribution in [0.2, 0.25) is 0 Å². The third kappa shape index (κ3) is 20.4. The topological polar surface area (TPSA) is 220 Å². The Morgan fingerprint density at radius 3 is 1.26 bits per heavy atom. The lowest BCUT2D eigenvalue weighted by Gasteiger charge is -2.21. The van der Waals surface area contributed by atoms with E-state index in [0.29, 0.717) is 67.1 Å². The predicted molar refractivity (Wildman–Crippen MR) is 276 cm³/mol. The van der Waals surface area contributed by atoms with Crippen LogP contribution in [0, 0.1) is 0 Å². The fourth-order valence-corrected chi connectivity index (χ4v) is 7.88. The summed E-state index contributed by atoms with van der Waals surface area (Å²) in [5, 5.41) is 7.61. The number of halogens is 6. The molecule has 3 aliphatic heterocycles. The number of hydrogen-bond donors (Lipinski definition) is 5. The first kappa shape index (κ1) is 59.4. The van der Waals surface area contributed by atoms with E-state index in [-0.39, 0.29) is 30.0 Å². The molecule has 3 heterocycles. The van der Waals surface area contributed by atoms with Crippen molar-refractivity contribution in [2.75, 3.05) is 78.2 Å². The normalized spacial score (nSPS) is 17.5. The minimum Gasteiger partial charge on any atom is -0.456 e. The summed E-state index contributed by atoms with van der Waals surface area (Å²) >= 11 is 0. The molecular weight excluding hydrogens is 1010 g/mol. The highest BCUT2D eigenvalue weighted by atomic mass is 19.4. The number of nitrogens with zero attached hydrogens (tertiary/aromatic N) is 3. The van der Waals surface area contributed by atoms with Crippen molar-refractivity contribution >= 4 is 58.5 Å². The van der Waals surface area contributed by atoms with Crippen molar-refractivity contribution in [3.05, 3.63) is 114 Å². The molecule has 4 aromatic rings. The number of ether oxygens (including phenoxy) is 4. The molecule has 7 N–H and O–H groups in total. The van der Waals surface area contributed by atoms with E-state index in [1.807, 2.05) is 54.8 Å². The van der Waals surface area contributed by atoms with Crippen LogP contribution in [-0.4, -0.2) is 124 Å². The van der Waals surface area contributed by atoms with E-state index in [1.165, 1.54) is 0 Å². The van der Waals surface area contributed by atoms with E-state index < -0.39 is 54.9 Å². The molecule has 7 rings (SSSR count). The Morgan fingerprint density at radius 1 is 0.539 bits per heavy atom. The van der Waals surface area contributed by atoms with E-state index in [2.05, 4.69) is 30.3 Å². The molecule has 3 fully saturated rings. The van der Waals surface area contributed by atoms with Crippen LogP contribution in [0.15, 0.2) is 97.1 Å². The summed E-state index contributed by atoms with van der Waals surface area (Å²) in [6.07, 6.45) is -9.11. The van der Waals surface area contributed by atoms with Gasteiger partial charge in [0.2, 0.25) is 0 Å². The van der Waals surface area contributed by atoms with Crippen LogP contribution in [0.25, 0.3) is 0 Å². The van der Waals surface area contributed by atoms with Crippen molar-refractivity contribution in [1.82, 2.24) is 10.6 Å². The molecule has 4 aromatic carbocycles. The molecule has 23 heteroatoms. The van der Waals surface area contributed by atoms with Crippen molar-refractivity contribution < 1.29 is 69.3 Å². The third-order valence-electron chi connectivity index (χ3n) is 11.4. The van der Waals surface area contributed by atoms with Gasteiger partial charge in [0.15, 0.2) is 13.2 Å². The number of amides is 3. The molecule has 3 amide bonds. The second kappa shape index (κ2) is 25.9. The van der Waals surface area contributed by atoms with Gasteiger partial charge in [0.25, 0.3) is 5.91 Å². The molecule has 0 saturated carbocycles. The van der Waals surface area contributed by atoms with Crippen LogP contribution >= 0.6 is 0 Å². The largest absolute Gasteiger partial charge is 0.456 e. The Morgan fingerprint density at radius 2 is 0.908 bits per heavy atom. The molecular formula is C53H66F6N8O9. The molecule has 76 heavy (non-hydrogen) atoms. The molecule has 0 aromatic heterocycles. The van der Waals surface area contributed by atoms with E-state index in [9.17, 15) is 50.3 Å². The van der Waals surface area contributed by atoms with Crippen LogP contribution in [0.3, 0.4) is 0 Å². The van der Waals surface area contributed by atoms with Crippen LogP contribution < -0.4 is 42.1 Å². The van der Waals surface area contributed by atoms with E-state index in [0.717, 1.165) is 36.6 Å². The molecule has 17 nitrogen and oxygen atoms in total. The number of nitrogens with one attached hydrogen (secondary N) is 3. The van der Waals surface area contributed by atoms with E-state index >= 15 is 0 Å². The van der Waals surface area contributed by atoms with Gasteiger partial charge in [0, 0.05) is 67.9 Å². The van der Waals surface area contributed by atoms with Gasteiger partial charge in [0.05, 0.1) is 34.6 Å². The van der Waals surface area contributed by atoms with Crippen LogP contribution in [0.5, 0.6) is 0 Å². The Bertz CT molecular complexity index is 2570. The fourth-order valence-electron chi connectivity index (χ4n) is 7.88. The lowest BCUT2D eigenvalue weighted by Crippen LogP contribution is -2.38. The summed E-state index contributed by atoms with van der Waals surface area (Å²) in [5.74, 6) is -0.993. The lowest BCUT2D eigenvalue weighted by atomic mass is 10.1. The maximum absolute atomic E-state index is 12.4. The number of nitrogen functional groups attached to an aromatic ring is 1. The second-order valence-corrected chi connectivity index (χ2v) is 20.2. The number of nitrogens with two attached hydrogens (primary N) is 2. The number of esters is 2. The van der Waals surface area contributed by atoms with Gasteiger partial charge < -0.3 is 61.1 Å². The minimum atomic E-state index is -4.56. The van der Waals surface area contributed by atoms with Crippen LogP contribution in [0.4, 0.5) is 64.4 Å². The highest BCUT2D eigenvalue weighted by Gasteiger charge is 2.33. The Labute approximate surface area is 437 Å². The number of carbonyl (C=O) groups excluding carboxylic acids is 5. The zero-order chi connectivity index (χ0) is 56.0. The summed E-state index contributed by atoms with van der Waals surface area (Å²) in [7, 11) is 0. The maximum atomic E-state index is 12.4. The van der Waals surface area contributed by atoms with E-state index in [4.69, 9.17) is 20.9 Å². The number of rotatable bonds is 11. The SMILES string of the molecule is CC(C)(C)OC(=O)c1ccc(N2CC[C@H](N)C2)cc1.CC(C)(C)OC(=O)c1ccc(N2CC[C@H](NC(=O)OCC(F)(F)F)C2)cc1.Nc1ccccc1NC(=O)c1ccc(N2CC[C@H](NC(=O)OCC(F)(F)F)C2)cc1. The summed E-state index contributed by atoms with van der Waals surface area (Å²) in [6, 6.07) is 27.8. The fraction of sp³-hybridized carbons (Fsp3) is 0.453. The first-order valence-electron chi connectivity index (χ1n) is 24.4. The van der Waals surface area contributed by atoms with Gasteiger partial charge in [-0.2, -0.15) is 26.3 Å². The Hall–Kier alpha value is -7.43. The Balaban J connectivity index is 0.000000216. The number of benzene rings is 4. The quantitative estimate of drug-likeness (QED) is 0.0410. The average molecular weight is 1070 g/mol. The minimum absolute atomic E-state index is 0.255. The number of para-hydroxylation sites is 2. The lowest BCUT2D eigenvalue weighted by molar-refractivity contribution is -0.160. The first-order valence-corrected chi connectivity index (χ1v) is 24.4. The molecule has 0 unspecified atom stereocenters. The molecule has 0 aliphatic carbocycles. The zero-order valence-electron chi connectivity index (χ0n) is 43.2. The van der Waals surface area contributed by atoms with Crippen molar-refractivity contribution in [2.45, 2.75) is 102 Å². The highest BCUT2D eigenvalue weighted by molar-refractivity contribution is 6.06. The van der Waals surface area contributed by atoms with Crippen molar-refractivity contribution in [3.63, 3.8) is 0 Å². The summed E-state index contributed by atoms with van der Waals surface area (Å²) in [6.45, 7) is 11.7. The number of alkyl carbamates (subject to hydrolysis) is 2. The van der Waals surface area contributed by atoms with Gasteiger partial charge in [-0.05, 0) is 146 Å². The molecule has 3 atom stereocenters. The van der Waals surface area contributed by atoms with Gasteiger partial charge in [0.1, 0.15) is 11.2 Å². The molecule has 414 valence electrons. The predicted octanol–water partition coefficient (Wildman–Crippen LogP) is 9.08. The molecule has 0 radical (unpaired) electrons. The van der Waals surface area contributed by atoms with E-state index in [1.54, 1.807) is 93.6 Å².